The lowest BCUT2D eigenvalue weighted by molar-refractivity contribution is 0.0683. The second-order valence-electron chi connectivity index (χ2n) is 5.07. The first-order valence-electron chi connectivity index (χ1n) is 6.30. The van der Waals surface area contributed by atoms with E-state index in [0.717, 1.165) is 25.9 Å². The molecule has 1 aliphatic heterocycles. The highest BCUT2D eigenvalue weighted by molar-refractivity contribution is 7.89. The summed E-state index contributed by atoms with van der Waals surface area (Å²) in [6.45, 7) is 3.56. The standard InChI is InChI=1S/C13H18N2O3S/c1-10-4-3-7-15(9-10)13(16)11-5-2-6-12(8-11)19(14,17)18/h2,5-6,8,10H,3-4,7,9H2,1H3,(H2,14,17,18). The van der Waals surface area contributed by atoms with E-state index in [1.54, 1.807) is 17.0 Å². The third-order valence-corrected chi connectivity index (χ3v) is 4.26. The van der Waals surface area contributed by atoms with E-state index in [-0.39, 0.29) is 10.8 Å². The zero-order valence-electron chi connectivity index (χ0n) is 10.9. The zero-order chi connectivity index (χ0) is 14.0. The monoisotopic (exact) mass is 282 g/mol. The first-order chi connectivity index (χ1) is 8.88. The molecule has 2 rings (SSSR count). The molecule has 2 N–H and O–H groups in total. The van der Waals surface area contributed by atoms with E-state index in [1.165, 1.54) is 12.1 Å². The number of amides is 1. The van der Waals surface area contributed by atoms with Gasteiger partial charge in [0.2, 0.25) is 10.0 Å². The summed E-state index contributed by atoms with van der Waals surface area (Å²) in [6.07, 6.45) is 2.11. The van der Waals surface area contributed by atoms with Crippen LogP contribution in [-0.4, -0.2) is 32.3 Å². The quantitative estimate of drug-likeness (QED) is 0.885. The van der Waals surface area contributed by atoms with Crippen molar-refractivity contribution in [1.29, 1.82) is 0 Å². The van der Waals surface area contributed by atoms with Crippen molar-refractivity contribution >= 4 is 15.9 Å². The van der Waals surface area contributed by atoms with E-state index in [2.05, 4.69) is 6.92 Å². The van der Waals surface area contributed by atoms with Crippen molar-refractivity contribution in [2.24, 2.45) is 11.1 Å². The molecule has 0 radical (unpaired) electrons. The van der Waals surface area contributed by atoms with Gasteiger partial charge in [0.05, 0.1) is 4.90 Å². The number of carbonyl (C=O) groups excluding carboxylic acids is 1. The van der Waals surface area contributed by atoms with E-state index < -0.39 is 10.0 Å². The highest BCUT2D eigenvalue weighted by atomic mass is 32.2. The Bertz CT molecular complexity index is 583. The average molecular weight is 282 g/mol. The summed E-state index contributed by atoms with van der Waals surface area (Å²) >= 11 is 0. The van der Waals surface area contributed by atoms with Gasteiger partial charge in [-0.25, -0.2) is 13.6 Å². The molecule has 0 aromatic heterocycles. The van der Waals surface area contributed by atoms with Crippen molar-refractivity contribution < 1.29 is 13.2 Å². The molecule has 5 nitrogen and oxygen atoms in total. The molecule has 1 fully saturated rings. The number of benzene rings is 1. The third kappa shape index (κ3) is 3.33. The van der Waals surface area contributed by atoms with Gasteiger partial charge in [-0.2, -0.15) is 0 Å². The highest BCUT2D eigenvalue weighted by Crippen LogP contribution is 2.19. The van der Waals surface area contributed by atoms with Crippen LogP contribution in [0, 0.1) is 5.92 Å². The van der Waals surface area contributed by atoms with Crippen LogP contribution in [0.1, 0.15) is 30.1 Å². The Morgan fingerprint density at radius 2 is 2.16 bits per heavy atom. The second kappa shape index (κ2) is 5.30. The molecule has 0 bridgehead atoms. The first kappa shape index (κ1) is 14.0. The minimum atomic E-state index is -3.77. The lowest BCUT2D eigenvalue weighted by Crippen LogP contribution is -2.39. The van der Waals surface area contributed by atoms with Crippen molar-refractivity contribution in [3.8, 4) is 0 Å². The number of rotatable bonds is 2. The minimum absolute atomic E-state index is 0.0246. The Morgan fingerprint density at radius 3 is 2.79 bits per heavy atom. The Labute approximate surface area is 113 Å². The van der Waals surface area contributed by atoms with Crippen LogP contribution >= 0.6 is 0 Å². The minimum Gasteiger partial charge on any atom is -0.338 e. The van der Waals surface area contributed by atoms with Crippen LogP contribution in [0.15, 0.2) is 29.2 Å². The van der Waals surface area contributed by atoms with Crippen molar-refractivity contribution in [3.63, 3.8) is 0 Å². The van der Waals surface area contributed by atoms with E-state index in [4.69, 9.17) is 5.14 Å². The molecule has 1 amide bonds. The fraction of sp³-hybridized carbons (Fsp3) is 0.462. The largest absolute Gasteiger partial charge is 0.338 e. The Kier molecular flexibility index (Phi) is 3.91. The Hall–Kier alpha value is -1.40. The van der Waals surface area contributed by atoms with Crippen LogP contribution in [0.4, 0.5) is 0 Å². The highest BCUT2D eigenvalue weighted by Gasteiger charge is 2.22. The number of hydrogen-bond donors (Lipinski definition) is 1. The summed E-state index contributed by atoms with van der Waals surface area (Å²) < 4.78 is 22.6. The maximum absolute atomic E-state index is 12.3. The average Bonchev–Trinajstić information content (AvgIpc) is 2.37. The lowest BCUT2D eigenvalue weighted by atomic mass is 9.99. The van der Waals surface area contributed by atoms with Crippen molar-refractivity contribution in [2.45, 2.75) is 24.7 Å². The third-order valence-electron chi connectivity index (χ3n) is 3.35. The van der Waals surface area contributed by atoms with Crippen LogP contribution in [0.5, 0.6) is 0 Å². The van der Waals surface area contributed by atoms with E-state index in [9.17, 15) is 13.2 Å². The van der Waals surface area contributed by atoms with Gasteiger partial charge in [-0.1, -0.05) is 13.0 Å². The number of nitrogens with two attached hydrogens (primary N) is 1. The predicted octanol–water partition coefficient (Wildman–Crippen LogP) is 1.21. The molecule has 1 aromatic carbocycles. The summed E-state index contributed by atoms with van der Waals surface area (Å²) in [5, 5.41) is 5.07. The number of sulfonamides is 1. The van der Waals surface area contributed by atoms with Gasteiger partial charge in [0.15, 0.2) is 0 Å². The van der Waals surface area contributed by atoms with Gasteiger partial charge in [-0.05, 0) is 37.0 Å². The molecule has 0 spiro atoms. The van der Waals surface area contributed by atoms with Gasteiger partial charge in [0, 0.05) is 18.7 Å². The molecule has 1 saturated heterocycles. The molecule has 1 atom stereocenters. The molecule has 1 unspecified atom stereocenters. The second-order valence-corrected chi connectivity index (χ2v) is 6.63. The van der Waals surface area contributed by atoms with Crippen LogP contribution < -0.4 is 5.14 Å². The smallest absolute Gasteiger partial charge is 0.253 e. The molecule has 0 saturated carbocycles. The van der Waals surface area contributed by atoms with Gasteiger partial charge < -0.3 is 4.90 Å². The molecule has 19 heavy (non-hydrogen) atoms. The topological polar surface area (TPSA) is 80.5 Å². The zero-order valence-corrected chi connectivity index (χ0v) is 11.7. The van der Waals surface area contributed by atoms with Crippen LogP contribution in [-0.2, 0) is 10.0 Å². The maximum atomic E-state index is 12.3. The molecule has 0 aliphatic carbocycles. The summed E-state index contributed by atoms with van der Waals surface area (Å²) in [5.41, 5.74) is 0.376. The first-order valence-corrected chi connectivity index (χ1v) is 7.84. The number of nitrogens with zero attached hydrogens (tertiary/aromatic N) is 1. The van der Waals surface area contributed by atoms with E-state index in [0.29, 0.717) is 11.5 Å². The summed E-state index contributed by atoms with van der Waals surface area (Å²) in [4.78, 5) is 14.1. The number of hydrogen-bond acceptors (Lipinski definition) is 3. The van der Waals surface area contributed by atoms with Gasteiger partial charge in [0.1, 0.15) is 0 Å². The summed E-state index contributed by atoms with van der Waals surface area (Å²) in [6, 6.07) is 5.90. The van der Waals surface area contributed by atoms with Crippen molar-refractivity contribution in [2.75, 3.05) is 13.1 Å². The summed E-state index contributed by atoms with van der Waals surface area (Å²) in [5.74, 6) is 0.358. The Morgan fingerprint density at radius 1 is 1.42 bits per heavy atom. The summed E-state index contributed by atoms with van der Waals surface area (Å²) in [7, 11) is -3.77. The number of primary sulfonamides is 1. The lowest BCUT2D eigenvalue weighted by Gasteiger charge is -2.31. The van der Waals surface area contributed by atoms with Gasteiger partial charge >= 0.3 is 0 Å². The SMILES string of the molecule is CC1CCCN(C(=O)c2cccc(S(N)(=O)=O)c2)C1. The molecule has 6 heteroatoms. The predicted molar refractivity (Wildman–Crippen MR) is 72.1 cm³/mol. The molecular weight excluding hydrogens is 264 g/mol. The molecule has 1 aromatic rings. The van der Waals surface area contributed by atoms with E-state index in [1.807, 2.05) is 0 Å². The fourth-order valence-corrected chi connectivity index (χ4v) is 2.92. The van der Waals surface area contributed by atoms with Gasteiger partial charge in [-0.3, -0.25) is 4.79 Å². The number of likely N-dealkylation sites (tertiary alicyclic amines) is 1. The molecular formula is C13H18N2O3S. The normalized spacial score (nSPS) is 20.3. The van der Waals surface area contributed by atoms with E-state index >= 15 is 0 Å². The number of piperidine rings is 1. The Balaban J connectivity index is 2.24. The number of carbonyl (C=O) groups is 1. The fourth-order valence-electron chi connectivity index (χ4n) is 2.36. The maximum Gasteiger partial charge on any atom is 0.253 e. The van der Waals surface area contributed by atoms with Gasteiger partial charge in [-0.15, -0.1) is 0 Å². The van der Waals surface area contributed by atoms with Crippen LogP contribution in [0.25, 0.3) is 0 Å². The van der Waals surface area contributed by atoms with Crippen LogP contribution in [0.3, 0.4) is 0 Å². The van der Waals surface area contributed by atoms with Crippen molar-refractivity contribution in [1.82, 2.24) is 4.90 Å². The van der Waals surface area contributed by atoms with Crippen molar-refractivity contribution in [3.05, 3.63) is 29.8 Å². The molecule has 1 aliphatic rings. The van der Waals surface area contributed by atoms with Crippen LogP contribution in [0.2, 0.25) is 0 Å². The van der Waals surface area contributed by atoms with Gasteiger partial charge in [0.25, 0.3) is 5.91 Å². The molecule has 104 valence electrons. The molecule has 1 heterocycles.